The second-order valence-electron chi connectivity index (χ2n) is 10.1. The molecule has 0 aliphatic carbocycles. The number of aliphatic hydroxyl groups excluding tert-OH is 1. The fraction of sp³-hybridized carbons (Fsp3) is 0.520. The zero-order chi connectivity index (χ0) is 26.5. The number of hydrogen-bond acceptors (Lipinski definition) is 8. The third kappa shape index (κ3) is 4.71. The van der Waals surface area contributed by atoms with E-state index in [2.05, 4.69) is 10.3 Å². The van der Waals surface area contributed by atoms with Crippen molar-refractivity contribution in [2.75, 3.05) is 19.3 Å². The number of piperidine rings is 1. The van der Waals surface area contributed by atoms with Gasteiger partial charge in [-0.15, -0.1) is 11.3 Å². The van der Waals surface area contributed by atoms with Gasteiger partial charge in [-0.1, -0.05) is 30.7 Å². The SMILES string of the molecule is Cc1ncsc1-c1ccc([C@]2(C)N=C(C3C[C@@H](O)CN3C(=O)[C@@H]3CCCCN3S(C)(=O)=O)NC2=O)cc1. The van der Waals surface area contributed by atoms with Crippen molar-refractivity contribution in [3.63, 3.8) is 0 Å². The van der Waals surface area contributed by atoms with Crippen LogP contribution in [-0.2, 0) is 25.2 Å². The van der Waals surface area contributed by atoms with Crippen LogP contribution in [0.4, 0.5) is 0 Å². The zero-order valence-corrected chi connectivity index (χ0v) is 22.7. The van der Waals surface area contributed by atoms with Gasteiger partial charge in [-0.05, 0) is 37.8 Å². The van der Waals surface area contributed by atoms with Crippen LogP contribution >= 0.6 is 11.3 Å². The van der Waals surface area contributed by atoms with E-state index < -0.39 is 33.7 Å². The number of nitrogens with one attached hydrogen (secondary N) is 1. The van der Waals surface area contributed by atoms with Crippen LogP contribution in [0.3, 0.4) is 0 Å². The van der Waals surface area contributed by atoms with Gasteiger partial charge in [0, 0.05) is 19.5 Å². The van der Waals surface area contributed by atoms with Crippen molar-refractivity contribution in [2.24, 2.45) is 4.99 Å². The first-order chi connectivity index (χ1) is 17.5. The number of amidine groups is 1. The fourth-order valence-electron chi connectivity index (χ4n) is 5.49. The molecule has 198 valence electrons. The lowest BCUT2D eigenvalue weighted by atomic mass is 9.91. The Bertz CT molecular complexity index is 1360. The van der Waals surface area contributed by atoms with Gasteiger partial charge < -0.3 is 15.3 Å². The smallest absolute Gasteiger partial charge is 0.257 e. The number of likely N-dealkylation sites (tertiary alicyclic amines) is 1. The molecule has 0 spiro atoms. The van der Waals surface area contributed by atoms with Crippen molar-refractivity contribution in [3.8, 4) is 10.4 Å². The molecular weight excluding hydrogens is 514 g/mol. The van der Waals surface area contributed by atoms with Gasteiger partial charge in [-0.2, -0.15) is 4.31 Å². The van der Waals surface area contributed by atoms with Gasteiger partial charge in [0.15, 0.2) is 5.54 Å². The maximum atomic E-state index is 13.6. The minimum atomic E-state index is -3.57. The van der Waals surface area contributed by atoms with Crippen LogP contribution in [0, 0.1) is 6.92 Å². The molecule has 37 heavy (non-hydrogen) atoms. The first-order valence-electron chi connectivity index (χ1n) is 12.4. The molecule has 0 saturated carbocycles. The Kier molecular flexibility index (Phi) is 6.71. The average molecular weight is 546 g/mol. The molecule has 5 rings (SSSR count). The summed E-state index contributed by atoms with van der Waals surface area (Å²) in [5.74, 6) is -0.351. The van der Waals surface area contributed by atoms with Crippen LogP contribution in [0.1, 0.15) is 43.9 Å². The number of hydrogen-bond donors (Lipinski definition) is 2. The summed E-state index contributed by atoms with van der Waals surface area (Å²) in [4.78, 5) is 38.4. The zero-order valence-electron chi connectivity index (χ0n) is 21.0. The Hall–Kier alpha value is -2.67. The summed E-state index contributed by atoms with van der Waals surface area (Å²) >= 11 is 1.55. The number of amides is 2. The predicted octanol–water partition coefficient (Wildman–Crippen LogP) is 1.64. The largest absolute Gasteiger partial charge is 0.391 e. The van der Waals surface area contributed by atoms with Crippen molar-refractivity contribution < 1.29 is 23.1 Å². The topological polar surface area (TPSA) is 132 Å². The number of aromatic nitrogens is 1. The molecule has 10 nitrogen and oxygen atoms in total. The molecule has 2 saturated heterocycles. The summed E-state index contributed by atoms with van der Waals surface area (Å²) < 4.78 is 25.9. The highest BCUT2D eigenvalue weighted by atomic mass is 32.2. The number of nitrogens with zero attached hydrogens (tertiary/aromatic N) is 4. The lowest BCUT2D eigenvalue weighted by Gasteiger charge is -2.36. The Morgan fingerprint density at radius 3 is 2.62 bits per heavy atom. The molecule has 12 heteroatoms. The minimum absolute atomic E-state index is 0.0616. The van der Waals surface area contributed by atoms with Crippen LogP contribution < -0.4 is 5.32 Å². The molecule has 2 N–H and O–H groups in total. The summed E-state index contributed by atoms with van der Waals surface area (Å²) in [6, 6.07) is 6.18. The Morgan fingerprint density at radius 2 is 1.97 bits per heavy atom. The molecule has 0 radical (unpaired) electrons. The molecule has 0 bridgehead atoms. The van der Waals surface area contributed by atoms with Crippen LogP contribution in [-0.4, -0.2) is 82.9 Å². The monoisotopic (exact) mass is 545 g/mol. The van der Waals surface area contributed by atoms with E-state index in [4.69, 9.17) is 4.99 Å². The van der Waals surface area contributed by atoms with Gasteiger partial charge in [0.1, 0.15) is 11.9 Å². The number of β-amino-alcohol motifs (C(OH)–C–C–N with tert-alkyl or cyclic N) is 1. The molecule has 3 aliphatic heterocycles. The lowest BCUT2D eigenvalue weighted by molar-refractivity contribution is -0.136. The van der Waals surface area contributed by atoms with E-state index in [0.29, 0.717) is 30.8 Å². The second-order valence-corrected chi connectivity index (χ2v) is 12.9. The lowest BCUT2D eigenvalue weighted by Crippen LogP contribution is -2.55. The maximum Gasteiger partial charge on any atom is 0.257 e. The van der Waals surface area contributed by atoms with Crippen molar-refractivity contribution in [1.82, 2.24) is 19.5 Å². The molecule has 2 amide bonds. The van der Waals surface area contributed by atoms with E-state index >= 15 is 0 Å². The summed E-state index contributed by atoms with van der Waals surface area (Å²) in [6.45, 7) is 4.04. The summed E-state index contributed by atoms with van der Waals surface area (Å²) in [6.07, 6.45) is 2.41. The summed E-state index contributed by atoms with van der Waals surface area (Å²) in [5.41, 5.74) is 3.26. The van der Waals surface area contributed by atoms with E-state index in [1.807, 2.05) is 31.2 Å². The van der Waals surface area contributed by atoms with E-state index in [0.717, 1.165) is 28.8 Å². The van der Waals surface area contributed by atoms with Gasteiger partial charge in [0.2, 0.25) is 15.9 Å². The highest BCUT2D eigenvalue weighted by Crippen LogP contribution is 2.35. The maximum absolute atomic E-state index is 13.6. The molecule has 1 unspecified atom stereocenters. The first kappa shape index (κ1) is 26.0. The van der Waals surface area contributed by atoms with E-state index in [9.17, 15) is 23.1 Å². The Morgan fingerprint density at radius 1 is 1.24 bits per heavy atom. The van der Waals surface area contributed by atoms with Crippen LogP contribution in [0.15, 0.2) is 34.8 Å². The van der Waals surface area contributed by atoms with Crippen LogP contribution in [0.5, 0.6) is 0 Å². The van der Waals surface area contributed by atoms with Crippen molar-refractivity contribution in [3.05, 3.63) is 41.0 Å². The first-order valence-corrected chi connectivity index (χ1v) is 15.1. The van der Waals surface area contributed by atoms with E-state index in [1.165, 1.54) is 9.21 Å². The normalized spacial score (nSPS) is 28.9. The second kappa shape index (κ2) is 9.57. The van der Waals surface area contributed by atoms with Crippen molar-refractivity contribution in [2.45, 2.75) is 63.3 Å². The molecule has 4 atom stereocenters. The highest BCUT2D eigenvalue weighted by Gasteiger charge is 2.48. The Balaban J connectivity index is 1.42. The molecule has 2 aromatic rings. The van der Waals surface area contributed by atoms with Crippen LogP contribution in [0.25, 0.3) is 10.4 Å². The van der Waals surface area contributed by atoms with E-state index in [-0.39, 0.29) is 24.8 Å². The average Bonchev–Trinajstić information content (AvgIpc) is 3.55. The van der Waals surface area contributed by atoms with Gasteiger partial charge in [0.25, 0.3) is 5.91 Å². The van der Waals surface area contributed by atoms with Gasteiger partial charge in [0.05, 0.1) is 34.5 Å². The van der Waals surface area contributed by atoms with Crippen molar-refractivity contribution in [1.29, 1.82) is 0 Å². The molecule has 1 aromatic heterocycles. The number of carbonyl (C=O) groups excluding carboxylic acids is 2. The number of carbonyl (C=O) groups is 2. The Labute approximate surface area is 220 Å². The number of sulfonamides is 1. The number of aliphatic hydroxyl groups is 1. The molecule has 4 heterocycles. The van der Waals surface area contributed by atoms with E-state index in [1.54, 1.807) is 23.8 Å². The fourth-order valence-corrected chi connectivity index (χ4v) is 7.42. The van der Waals surface area contributed by atoms with Crippen molar-refractivity contribution >= 4 is 39.0 Å². The van der Waals surface area contributed by atoms with Gasteiger partial charge in [-0.3, -0.25) is 9.59 Å². The highest BCUT2D eigenvalue weighted by molar-refractivity contribution is 7.88. The summed E-state index contributed by atoms with van der Waals surface area (Å²) in [5, 5.41) is 13.3. The number of aliphatic imine (C=N–C) groups is 1. The molecular formula is C25H31N5O5S2. The summed E-state index contributed by atoms with van der Waals surface area (Å²) in [7, 11) is -3.57. The van der Waals surface area contributed by atoms with Crippen LogP contribution in [0.2, 0.25) is 0 Å². The number of aryl methyl sites for hydroxylation is 1. The minimum Gasteiger partial charge on any atom is -0.391 e. The number of benzene rings is 1. The third-order valence-corrected chi connectivity index (χ3v) is 9.79. The van der Waals surface area contributed by atoms with Gasteiger partial charge in [-0.25, -0.2) is 18.4 Å². The quantitative estimate of drug-likeness (QED) is 0.587. The third-order valence-electron chi connectivity index (χ3n) is 7.52. The van der Waals surface area contributed by atoms with Gasteiger partial charge >= 0.3 is 0 Å². The molecule has 1 aromatic carbocycles. The number of thiazole rings is 1. The number of rotatable bonds is 5. The molecule has 2 fully saturated rings. The standard InChI is InChI=1S/C25H31N5O5S2/c1-15-21(36-14-26-15)16-7-9-17(10-8-16)25(2)24(33)27-22(28-25)20-12-18(31)13-29(20)23(32)19-6-4-5-11-30(19)37(3,34)35/h7-10,14,18-20,31H,4-6,11-13H2,1-3H3,(H,27,28,33)/t18-,19+,20?,25+/m1/s1. The molecule has 3 aliphatic rings. The predicted molar refractivity (Wildman–Crippen MR) is 141 cm³/mol.